The summed E-state index contributed by atoms with van der Waals surface area (Å²) >= 11 is 0. The van der Waals surface area contributed by atoms with Gasteiger partial charge in [0.1, 0.15) is 0 Å². The maximum absolute atomic E-state index is 12.2. The topological polar surface area (TPSA) is 71.1 Å². The molecule has 0 atom stereocenters. The molecule has 0 spiro atoms. The summed E-state index contributed by atoms with van der Waals surface area (Å²) in [5, 5.41) is 0. The normalized spacial score (nSPS) is 10.6. The highest BCUT2D eigenvalue weighted by atomic mass is 16.5. The molecular formula is C20H30O6. The third kappa shape index (κ3) is 6.77. The molecule has 6 heteroatoms. The Morgan fingerprint density at radius 3 is 1.46 bits per heavy atom. The fourth-order valence-corrected chi connectivity index (χ4v) is 2.39. The molecule has 0 radical (unpaired) electrons. The highest BCUT2D eigenvalue weighted by molar-refractivity contribution is 5.96. The average molecular weight is 366 g/mol. The molecule has 0 aliphatic heterocycles. The molecule has 0 bridgehead atoms. The van der Waals surface area contributed by atoms with E-state index in [9.17, 15) is 9.59 Å². The van der Waals surface area contributed by atoms with Crippen LogP contribution in [-0.4, -0.2) is 39.4 Å². The van der Waals surface area contributed by atoms with E-state index >= 15 is 0 Å². The van der Waals surface area contributed by atoms with Crippen LogP contribution in [0.25, 0.3) is 0 Å². The van der Waals surface area contributed by atoms with Crippen molar-refractivity contribution in [1.82, 2.24) is 0 Å². The van der Waals surface area contributed by atoms with Crippen LogP contribution >= 0.6 is 0 Å². The summed E-state index contributed by atoms with van der Waals surface area (Å²) in [5.74, 6) is -0.935. The molecule has 0 saturated carbocycles. The Morgan fingerprint density at radius 1 is 0.769 bits per heavy atom. The van der Waals surface area contributed by atoms with Crippen LogP contribution in [0.5, 0.6) is 0 Å². The average Bonchev–Trinajstić information content (AvgIpc) is 2.67. The molecule has 0 N–H and O–H groups in total. The minimum absolute atomic E-state index is 0.228. The SMILES string of the molecule is CCCCOCc1cc(C(=O)OC)c(COCCCC)cc1C(=O)OC. The standard InChI is InChI=1S/C20H30O6/c1-5-7-9-25-13-15-11-18(20(22)24-4)16(14-26-10-8-6-2)12-17(15)19(21)23-3/h11-12H,5-10,13-14H2,1-4H3. The van der Waals surface area contributed by atoms with Gasteiger partial charge in [-0.25, -0.2) is 9.59 Å². The van der Waals surface area contributed by atoms with Crippen LogP contribution in [0.3, 0.4) is 0 Å². The Balaban J connectivity index is 3.13. The Kier molecular flexibility index (Phi) is 10.6. The van der Waals surface area contributed by atoms with Gasteiger partial charge in [-0.1, -0.05) is 26.7 Å². The molecule has 0 aromatic heterocycles. The largest absolute Gasteiger partial charge is 0.465 e. The van der Waals surface area contributed by atoms with Gasteiger partial charge in [0.25, 0.3) is 0 Å². The second-order valence-corrected chi connectivity index (χ2v) is 5.96. The summed E-state index contributed by atoms with van der Waals surface area (Å²) in [6.45, 7) is 5.79. The van der Waals surface area contributed by atoms with Gasteiger partial charge in [-0.2, -0.15) is 0 Å². The molecule has 0 heterocycles. The lowest BCUT2D eigenvalue weighted by Crippen LogP contribution is -2.14. The Labute approximate surface area is 155 Å². The molecule has 1 aromatic carbocycles. The van der Waals surface area contributed by atoms with Crippen molar-refractivity contribution in [3.8, 4) is 0 Å². The first-order valence-corrected chi connectivity index (χ1v) is 9.06. The molecule has 146 valence electrons. The van der Waals surface area contributed by atoms with Gasteiger partial charge in [-0.3, -0.25) is 0 Å². The molecule has 0 fully saturated rings. The van der Waals surface area contributed by atoms with E-state index in [1.54, 1.807) is 12.1 Å². The summed E-state index contributed by atoms with van der Waals surface area (Å²) in [6.07, 6.45) is 3.90. The van der Waals surface area contributed by atoms with E-state index in [0.29, 0.717) is 35.5 Å². The van der Waals surface area contributed by atoms with Gasteiger partial charge in [0.05, 0.1) is 38.6 Å². The molecule has 0 saturated heterocycles. The quantitative estimate of drug-likeness (QED) is 0.413. The van der Waals surface area contributed by atoms with Crippen LogP contribution in [-0.2, 0) is 32.2 Å². The van der Waals surface area contributed by atoms with Gasteiger partial charge >= 0.3 is 11.9 Å². The number of benzene rings is 1. The second kappa shape index (κ2) is 12.4. The third-order valence-electron chi connectivity index (χ3n) is 3.94. The number of carbonyl (C=O) groups excluding carboxylic acids is 2. The minimum atomic E-state index is -0.467. The fourth-order valence-electron chi connectivity index (χ4n) is 2.39. The van der Waals surface area contributed by atoms with Crippen LogP contribution in [0.2, 0.25) is 0 Å². The maximum Gasteiger partial charge on any atom is 0.338 e. The molecule has 26 heavy (non-hydrogen) atoms. The lowest BCUT2D eigenvalue weighted by molar-refractivity contribution is 0.0572. The Morgan fingerprint density at radius 2 is 1.15 bits per heavy atom. The lowest BCUT2D eigenvalue weighted by Gasteiger charge is -2.15. The Bertz CT molecular complexity index is 530. The summed E-state index contributed by atoms with van der Waals surface area (Å²) < 4.78 is 21.0. The van der Waals surface area contributed by atoms with Gasteiger partial charge in [0.2, 0.25) is 0 Å². The van der Waals surface area contributed by atoms with E-state index in [1.165, 1.54) is 14.2 Å². The van der Waals surface area contributed by atoms with Crippen LogP contribution in [0.1, 0.15) is 71.4 Å². The molecule has 6 nitrogen and oxygen atoms in total. The van der Waals surface area contributed by atoms with E-state index < -0.39 is 11.9 Å². The molecule has 0 aliphatic carbocycles. The minimum Gasteiger partial charge on any atom is -0.465 e. The molecular weight excluding hydrogens is 336 g/mol. The van der Waals surface area contributed by atoms with Crippen LogP contribution in [0.4, 0.5) is 0 Å². The van der Waals surface area contributed by atoms with Crippen molar-refractivity contribution >= 4 is 11.9 Å². The van der Waals surface area contributed by atoms with Gasteiger partial charge in [0.15, 0.2) is 0 Å². The molecule has 1 aromatic rings. The first-order valence-electron chi connectivity index (χ1n) is 9.06. The van der Waals surface area contributed by atoms with Crippen LogP contribution in [0, 0.1) is 0 Å². The lowest BCUT2D eigenvalue weighted by atomic mass is 9.98. The highest BCUT2D eigenvalue weighted by Crippen LogP contribution is 2.21. The van der Waals surface area contributed by atoms with Gasteiger partial charge in [-0.05, 0) is 36.1 Å². The number of esters is 2. The number of unbranched alkanes of at least 4 members (excludes halogenated alkanes) is 2. The predicted molar refractivity (Wildman–Crippen MR) is 98.2 cm³/mol. The summed E-state index contributed by atoms with van der Waals surface area (Å²) in [4.78, 5) is 24.3. The smallest absolute Gasteiger partial charge is 0.338 e. The monoisotopic (exact) mass is 366 g/mol. The highest BCUT2D eigenvalue weighted by Gasteiger charge is 2.20. The number of carbonyl (C=O) groups is 2. The van der Waals surface area contributed by atoms with Gasteiger partial charge in [-0.15, -0.1) is 0 Å². The van der Waals surface area contributed by atoms with E-state index in [4.69, 9.17) is 18.9 Å². The van der Waals surface area contributed by atoms with Crippen molar-refractivity contribution < 1.29 is 28.5 Å². The summed E-state index contributed by atoms with van der Waals surface area (Å²) in [6, 6.07) is 3.28. The Hall–Kier alpha value is -1.92. The third-order valence-corrected chi connectivity index (χ3v) is 3.94. The van der Waals surface area contributed by atoms with E-state index in [2.05, 4.69) is 13.8 Å². The van der Waals surface area contributed by atoms with E-state index in [0.717, 1.165) is 25.7 Å². The molecule has 0 amide bonds. The zero-order valence-corrected chi connectivity index (χ0v) is 16.3. The van der Waals surface area contributed by atoms with Crippen molar-refractivity contribution in [3.05, 3.63) is 34.4 Å². The number of methoxy groups -OCH3 is 2. The molecule has 1 rings (SSSR count). The van der Waals surface area contributed by atoms with Gasteiger partial charge in [0, 0.05) is 13.2 Å². The van der Waals surface area contributed by atoms with Crippen molar-refractivity contribution in [1.29, 1.82) is 0 Å². The summed E-state index contributed by atoms with van der Waals surface area (Å²) in [7, 11) is 2.66. The first kappa shape index (κ1) is 22.1. The van der Waals surface area contributed by atoms with E-state index in [1.807, 2.05) is 0 Å². The van der Waals surface area contributed by atoms with Crippen molar-refractivity contribution in [3.63, 3.8) is 0 Å². The number of hydrogen-bond donors (Lipinski definition) is 0. The summed E-state index contributed by atoms with van der Waals surface area (Å²) in [5.41, 5.74) is 1.97. The first-order chi connectivity index (χ1) is 12.6. The number of rotatable bonds is 12. The van der Waals surface area contributed by atoms with Crippen LogP contribution in [0.15, 0.2) is 12.1 Å². The van der Waals surface area contributed by atoms with Crippen molar-refractivity contribution in [2.45, 2.75) is 52.7 Å². The van der Waals surface area contributed by atoms with E-state index in [-0.39, 0.29) is 13.2 Å². The number of hydrogen-bond acceptors (Lipinski definition) is 6. The molecule has 0 aliphatic rings. The zero-order chi connectivity index (χ0) is 19.4. The zero-order valence-electron chi connectivity index (χ0n) is 16.3. The number of ether oxygens (including phenoxy) is 4. The second-order valence-electron chi connectivity index (χ2n) is 5.96. The maximum atomic E-state index is 12.2. The van der Waals surface area contributed by atoms with Crippen molar-refractivity contribution in [2.75, 3.05) is 27.4 Å². The van der Waals surface area contributed by atoms with Gasteiger partial charge < -0.3 is 18.9 Å². The van der Waals surface area contributed by atoms with Crippen LogP contribution < -0.4 is 0 Å². The molecule has 0 unspecified atom stereocenters. The van der Waals surface area contributed by atoms with Crippen molar-refractivity contribution in [2.24, 2.45) is 0 Å². The predicted octanol–water partition coefficient (Wildman–Crippen LogP) is 3.89. The fraction of sp³-hybridized carbons (Fsp3) is 0.600.